The van der Waals surface area contributed by atoms with E-state index < -0.39 is 34.7 Å². The van der Waals surface area contributed by atoms with Crippen molar-refractivity contribution in [2.24, 2.45) is 0 Å². The molecule has 4 heterocycles. The third-order valence-corrected chi connectivity index (χ3v) is 11.5. The number of carbonyl (C=O) groups is 4. The number of methoxy groups -OCH3 is 1. The molecule has 0 fully saturated rings. The Kier molecular flexibility index (Phi) is 8.60. The lowest BCUT2D eigenvalue weighted by molar-refractivity contribution is 0.0599. The zero-order valence-electron chi connectivity index (χ0n) is 32.3. The maximum absolute atomic E-state index is 13.4. The lowest BCUT2D eigenvalue weighted by atomic mass is 9.77. The van der Waals surface area contributed by atoms with Crippen molar-refractivity contribution in [1.29, 1.82) is 0 Å². The molecule has 4 aliphatic rings. The molecule has 12 heteroatoms. The number of ether oxygens (including phenoxy) is 8. The topological polar surface area (TPSA) is 142 Å². The summed E-state index contributed by atoms with van der Waals surface area (Å²) in [6.07, 6.45) is 0. The largest absolute Gasteiger partial charge is 0.492 e. The number of benzene rings is 6. The molecule has 0 N–H and O–H groups in total. The molecular weight excluding hydrogens is 769 g/mol. The van der Waals surface area contributed by atoms with Gasteiger partial charge < -0.3 is 37.9 Å². The van der Waals surface area contributed by atoms with E-state index in [1.165, 1.54) is 37.4 Å². The van der Waals surface area contributed by atoms with Crippen molar-refractivity contribution >= 4 is 23.9 Å². The van der Waals surface area contributed by atoms with E-state index in [-0.39, 0.29) is 47.0 Å². The van der Waals surface area contributed by atoms with Crippen molar-refractivity contribution in [3.63, 3.8) is 0 Å². The summed E-state index contributed by atoms with van der Waals surface area (Å²) in [5.41, 5.74) is 4.15. The maximum Gasteiger partial charge on any atom is 0.343 e. The Bertz CT molecular complexity index is 2780. The quantitative estimate of drug-likeness (QED) is 0.116. The summed E-state index contributed by atoms with van der Waals surface area (Å²) in [6, 6.07) is 33.7. The van der Waals surface area contributed by atoms with Crippen LogP contribution in [0.3, 0.4) is 0 Å². The number of hydrogen-bond acceptors (Lipinski definition) is 12. The molecule has 0 saturated carbocycles. The third kappa shape index (κ3) is 6.07. The minimum absolute atomic E-state index is 0.181. The molecule has 0 radical (unpaired) electrons. The molecular formula is C48H34O12. The summed E-state index contributed by atoms with van der Waals surface area (Å²) in [7, 11) is 1.27. The van der Waals surface area contributed by atoms with Crippen LogP contribution in [-0.2, 0) is 15.6 Å². The fourth-order valence-electron chi connectivity index (χ4n) is 8.29. The molecule has 298 valence electrons. The van der Waals surface area contributed by atoms with Crippen LogP contribution in [0.25, 0.3) is 0 Å². The summed E-state index contributed by atoms with van der Waals surface area (Å²) < 4.78 is 46.4. The zero-order chi connectivity index (χ0) is 41.2. The summed E-state index contributed by atoms with van der Waals surface area (Å²) >= 11 is 0. The van der Waals surface area contributed by atoms with Crippen LogP contribution in [0.4, 0.5) is 0 Å². The fourth-order valence-corrected chi connectivity index (χ4v) is 8.29. The molecule has 0 saturated heterocycles. The van der Waals surface area contributed by atoms with Crippen LogP contribution in [0.5, 0.6) is 40.2 Å². The highest BCUT2D eigenvalue weighted by Gasteiger charge is 2.50. The molecule has 0 aromatic heterocycles. The number of fused-ring (bicyclic) bond motifs is 8. The van der Waals surface area contributed by atoms with Crippen molar-refractivity contribution < 1.29 is 57.1 Å². The van der Waals surface area contributed by atoms with E-state index in [2.05, 4.69) is 6.07 Å². The number of esters is 4. The van der Waals surface area contributed by atoms with Crippen molar-refractivity contribution in [3.8, 4) is 40.2 Å². The second-order valence-corrected chi connectivity index (χ2v) is 15.1. The Morgan fingerprint density at radius 2 is 0.800 bits per heavy atom. The highest BCUT2D eigenvalue weighted by atomic mass is 16.6. The highest BCUT2D eigenvalue weighted by molar-refractivity contribution is 5.96. The first-order valence-electron chi connectivity index (χ1n) is 19.1. The molecule has 60 heavy (non-hydrogen) atoms. The molecule has 2 unspecified atom stereocenters. The molecule has 2 spiro atoms. The minimum Gasteiger partial charge on any atom is -0.492 e. The van der Waals surface area contributed by atoms with Gasteiger partial charge in [0.2, 0.25) is 0 Å². The van der Waals surface area contributed by atoms with E-state index in [0.29, 0.717) is 30.5 Å². The molecule has 0 bridgehead atoms. The van der Waals surface area contributed by atoms with Crippen molar-refractivity contribution in [1.82, 2.24) is 0 Å². The van der Waals surface area contributed by atoms with Crippen molar-refractivity contribution in [2.45, 2.75) is 17.8 Å². The standard InChI is InChI=1S/C48H34O12/c1-27-6-14-39-35(18-27)47(23-54-39)24-55-40-15-11-32(20-36(40)47)58-44(50)28-7-9-29(10-8-28)45(51)59-33-12-16-41-37(21-33)48(25-56-41)26-57-42-17-13-34(22-38(42)48)60-46(52)31-5-3-4-30(19-31)43(49)53-2/h3-22H,23-26H2,1-2H3. The predicted octanol–water partition coefficient (Wildman–Crippen LogP) is 7.58. The maximum atomic E-state index is 13.4. The first-order chi connectivity index (χ1) is 29.1. The molecule has 6 aromatic carbocycles. The van der Waals surface area contributed by atoms with E-state index in [1.807, 2.05) is 25.1 Å². The van der Waals surface area contributed by atoms with Gasteiger partial charge in [0.05, 0.1) is 40.2 Å². The zero-order valence-corrected chi connectivity index (χ0v) is 32.3. The average molecular weight is 803 g/mol. The van der Waals surface area contributed by atoms with Gasteiger partial charge in [0.15, 0.2) is 0 Å². The molecule has 12 nitrogen and oxygen atoms in total. The van der Waals surface area contributed by atoms with Gasteiger partial charge in [-0.2, -0.15) is 0 Å². The summed E-state index contributed by atoms with van der Waals surface area (Å²) in [5, 5.41) is 0. The SMILES string of the molecule is COC(=O)c1cccc(C(=O)Oc2ccc3c(c2)C2(COc4ccc(OC(=O)c5ccc(C(=O)Oc6ccc7c(c6)C6(COc8ccc(C)cc86)CO7)cc5)cc42)CO3)c1. The molecule has 4 aliphatic heterocycles. The van der Waals surface area contributed by atoms with Crippen LogP contribution < -0.4 is 33.2 Å². The Hall–Kier alpha value is -7.60. The van der Waals surface area contributed by atoms with E-state index in [4.69, 9.17) is 37.9 Å². The van der Waals surface area contributed by atoms with Crippen LogP contribution in [0.1, 0.15) is 69.2 Å². The molecule has 0 aliphatic carbocycles. The Morgan fingerprint density at radius 1 is 0.433 bits per heavy atom. The van der Waals surface area contributed by atoms with Crippen LogP contribution in [0.2, 0.25) is 0 Å². The fraction of sp³-hybridized carbons (Fsp3) is 0.167. The first-order valence-corrected chi connectivity index (χ1v) is 19.1. The first kappa shape index (κ1) is 36.7. The van der Waals surface area contributed by atoms with Gasteiger partial charge in [-0.15, -0.1) is 0 Å². The molecule has 6 aromatic rings. The Morgan fingerprint density at radius 3 is 1.22 bits per heavy atom. The highest BCUT2D eigenvalue weighted by Crippen LogP contribution is 2.53. The van der Waals surface area contributed by atoms with Crippen LogP contribution >= 0.6 is 0 Å². The monoisotopic (exact) mass is 802 g/mol. The van der Waals surface area contributed by atoms with E-state index in [1.54, 1.807) is 66.7 Å². The number of rotatable bonds is 7. The van der Waals surface area contributed by atoms with E-state index in [0.717, 1.165) is 39.3 Å². The second-order valence-electron chi connectivity index (χ2n) is 15.1. The number of hydrogen-bond donors (Lipinski definition) is 0. The van der Waals surface area contributed by atoms with Gasteiger partial charge in [-0.05, 0) is 110 Å². The lowest BCUT2D eigenvalue weighted by Gasteiger charge is -2.21. The Labute approximate surface area is 343 Å². The minimum atomic E-state index is -0.775. The van der Waals surface area contributed by atoms with Gasteiger partial charge in [0.25, 0.3) is 0 Å². The summed E-state index contributed by atoms with van der Waals surface area (Å²) in [6.45, 7) is 3.37. The van der Waals surface area contributed by atoms with E-state index in [9.17, 15) is 19.2 Å². The Balaban J connectivity index is 0.826. The summed E-state index contributed by atoms with van der Waals surface area (Å²) in [4.78, 5) is 51.8. The van der Waals surface area contributed by atoms with Crippen molar-refractivity contribution in [3.05, 3.63) is 171 Å². The van der Waals surface area contributed by atoms with Crippen molar-refractivity contribution in [2.75, 3.05) is 33.5 Å². The summed E-state index contributed by atoms with van der Waals surface area (Å²) in [5.74, 6) is 1.20. The van der Waals surface area contributed by atoms with Crippen LogP contribution in [-0.4, -0.2) is 57.4 Å². The smallest absolute Gasteiger partial charge is 0.343 e. The van der Waals surface area contributed by atoms with Gasteiger partial charge in [-0.25, -0.2) is 19.2 Å². The molecule has 2 atom stereocenters. The normalized spacial score (nSPS) is 18.5. The average Bonchev–Trinajstić information content (AvgIpc) is 4.04. The predicted molar refractivity (Wildman–Crippen MR) is 213 cm³/mol. The second kappa shape index (κ2) is 14.0. The van der Waals surface area contributed by atoms with Gasteiger partial charge >= 0.3 is 23.9 Å². The molecule has 10 rings (SSSR count). The van der Waals surface area contributed by atoms with Crippen LogP contribution in [0, 0.1) is 6.92 Å². The van der Waals surface area contributed by atoms with Gasteiger partial charge in [0, 0.05) is 22.3 Å². The molecule has 0 amide bonds. The lowest BCUT2D eigenvalue weighted by Crippen LogP contribution is -2.31. The van der Waals surface area contributed by atoms with Gasteiger partial charge in [-0.3, -0.25) is 0 Å². The third-order valence-electron chi connectivity index (χ3n) is 11.5. The van der Waals surface area contributed by atoms with Gasteiger partial charge in [-0.1, -0.05) is 23.8 Å². The number of aryl methyl sites for hydroxylation is 1. The van der Waals surface area contributed by atoms with Gasteiger partial charge in [0.1, 0.15) is 66.7 Å². The van der Waals surface area contributed by atoms with E-state index >= 15 is 0 Å². The van der Waals surface area contributed by atoms with Crippen LogP contribution in [0.15, 0.2) is 121 Å². The number of carbonyl (C=O) groups excluding carboxylic acids is 4.